The van der Waals surface area contributed by atoms with Gasteiger partial charge in [-0.05, 0) is 0 Å². The molecular weight excluding hydrogens is 464 g/mol. The Hall–Kier alpha value is -0.681. The maximum absolute atomic E-state index is 11.0. The average Bonchev–Trinajstić information content (AvgIpc) is 2.66. The Kier molecular flexibility index (Phi) is 12.2. The van der Waals surface area contributed by atoms with Crippen molar-refractivity contribution in [1.82, 2.24) is 5.32 Å². The van der Waals surface area contributed by atoms with Crippen molar-refractivity contribution in [2.24, 2.45) is 0 Å². The molecule has 2 N–H and O–H groups in total. The minimum atomic E-state index is -2.67. The fourth-order valence-electron chi connectivity index (χ4n) is 3.83. The third kappa shape index (κ3) is 8.47. The number of hydrogen-bond donors (Lipinski definition) is 2. The van der Waals surface area contributed by atoms with E-state index in [9.17, 15) is 4.79 Å². The van der Waals surface area contributed by atoms with Gasteiger partial charge in [0, 0.05) is 0 Å². The molecule has 152 valence electrons. The van der Waals surface area contributed by atoms with Crippen LogP contribution in [0.3, 0.4) is 0 Å². The van der Waals surface area contributed by atoms with Gasteiger partial charge in [-0.15, -0.1) is 0 Å². The molecule has 0 bridgehead atoms. The summed E-state index contributed by atoms with van der Waals surface area (Å²) in [6.45, 7) is 7.20. The second kappa shape index (κ2) is 13.5. The van der Waals surface area contributed by atoms with E-state index < -0.39 is 24.5 Å². The van der Waals surface area contributed by atoms with Gasteiger partial charge in [-0.1, -0.05) is 0 Å². The molecule has 0 saturated carbocycles. The first-order valence-electron chi connectivity index (χ1n) is 10.4. The predicted octanol–water partition coefficient (Wildman–Crippen LogP) is 7.38. The molecule has 0 aromatic heterocycles. The van der Waals surface area contributed by atoms with Crippen molar-refractivity contribution in [1.29, 1.82) is 0 Å². The van der Waals surface area contributed by atoms with Crippen molar-refractivity contribution >= 4 is 39.7 Å². The summed E-state index contributed by atoms with van der Waals surface area (Å²) in [5.41, 5.74) is 1.26. The zero-order valence-corrected chi connectivity index (χ0v) is 20.8. The fourth-order valence-corrected chi connectivity index (χ4v) is 21.0. The summed E-state index contributed by atoms with van der Waals surface area (Å²) in [6.07, 6.45) is 8.73. The van der Waals surface area contributed by atoms with E-state index in [0.29, 0.717) is 6.54 Å². The molecule has 0 unspecified atom stereocenters. The summed E-state index contributed by atoms with van der Waals surface area (Å²) in [5.74, 6) is 0. The molecule has 0 saturated heterocycles. The quantitative estimate of drug-likeness (QED) is 0.278. The Morgan fingerprint density at radius 2 is 1.48 bits per heavy atom. The Labute approximate surface area is 174 Å². The van der Waals surface area contributed by atoms with Crippen molar-refractivity contribution in [2.75, 3.05) is 6.54 Å². The van der Waals surface area contributed by atoms with Gasteiger partial charge in [-0.2, -0.15) is 0 Å². The Balaban J connectivity index is 3.37. The Morgan fingerprint density at radius 1 is 1.00 bits per heavy atom. The minimum absolute atomic E-state index is 0.385. The third-order valence-electron chi connectivity index (χ3n) is 5.31. The van der Waals surface area contributed by atoms with Crippen LogP contribution in [0, 0.1) is 0 Å². The van der Waals surface area contributed by atoms with Crippen LogP contribution in [0.1, 0.15) is 64.9 Å². The van der Waals surface area contributed by atoms with Crippen LogP contribution in [0.2, 0.25) is 18.3 Å². The molecule has 0 spiro atoms. The maximum atomic E-state index is 11.0. The van der Waals surface area contributed by atoms with E-state index in [2.05, 4.69) is 44.3 Å². The van der Waals surface area contributed by atoms with Gasteiger partial charge in [0.1, 0.15) is 0 Å². The van der Waals surface area contributed by atoms with E-state index >= 15 is 0 Å². The number of hydrogen-bond acceptors (Lipinski definition) is 1. The fraction of sp³-hybridized carbons (Fsp3) is 0.591. The van der Waals surface area contributed by atoms with Gasteiger partial charge in [0.05, 0.1) is 0 Å². The number of rotatable bonds is 13. The Bertz CT molecular complexity index is 565. The van der Waals surface area contributed by atoms with E-state index in [1.54, 1.807) is 0 Å². The van der Waals surface area contributed by atoms with Gasteiger partial charge in [-0.25, -0.2) is 0 Å². The van der Waals surface area contributed by atoms with Crippen LogP contribution in [0.25, 0.3) is 3.59 Å². The molecule has 1 aromatic carbocycles. The molecule has 0 aliphatic heterocycles. The first-order valence-corrected chi connectivity index (χ1v) is 18.3. The van der Waals surface area contributed by atoms with Gasteiger partial charge in [0.15, 0.2) is 0 Å². The molecule has 0 aliphatic carbocycles. The standard InChI is InChI=1S/C10H9ClNO2.3C4H9.Sn/c11-9-5-3-8(4-6-9)2-1-7-12-10(13)14;3*1-3-4-2;/h1,3-6,12H,7H2,(H,13,14);3*1,3-4H2,2H3;. The summed E-state index contributed by atoms with van der Waals surface area (Å²) < 4.78 is 5.55. The number of carboxylic acid groups (broad SMARTS) is 1. The van der Waals surface area contributed by atoms with Crippen LogP contribution in [-0.4, -0.2) is 36.1 Å². The van der Waals surface area contributed by atoms with Crippen molar-refractivity contribution in [2.45, 2.75) is 72.6 Å². The molecular formula is C22H36ClNO2Sn. The summed E-state index contributed by atoms with van der Waals surface area (Å²) >= 11 is 3.47. The molecule has 27 heavy (non-hydrogen) atoms. The topological polar surface area (TPSA) is 49.3 Å². The third-order valence-corrected chi connectivity index (χ3v) is 21.5. The molecule has 0 atom stereocenters. The molecule has 1 amide bonds. The first-order chi connectivity index (χ1) is 13.0. The van der Waals surface area contributed by atoms with Gasteiger partial charge in [0.25, 0.3) is 0 Å². The average molecular weight is 501 g/mol. The molecule has 1 aromatic rings. The first kappa shape index (κ1) is 24.4. The number of unbranched alkanes of at least 4 members (excludes halogenated alkanes) is 3. The second-order valence-corrected chi connectivity index (χ2v) is 21.0. The van der Waals surface area contributed by atoms with E-state index in [1.165, 1.54) is 61.0 Å². The van der Waals surface area contributed by atoms with E-state index in [0.717, 1.165) is 5.02 Å². The van der Waals surface area contributed by atoms with Crippen molar-refractivity contribution in [3.05, 3.63) is 40.9 Å². The van der Waals surface area contributed by atoms with Gasteiger partial charge in [-0.3, -0.25) is 0 Å². The number of benzene rings is 1. The summed E-state index contributed by atoms with van der Waals surface area (Å²) in [7, 11) is 0. The van der Waals surface area contributed by atoms with E-state index in [-0.39, 0.29) is 0 Å². The van der Waals surface area contributed by atoms with Gasteiger partial charge >= 0.3 is 175 Å². The molecule has 0 aliphatic rings. The molecule has 3 nitrogen and oxygen atoms in total. The zero-order valence-electron chi connectivity index (χ0n) is 17.2. The van der Waals surface area contributed by atoms with Crippen molar-refractivity contribution < 1.29 is 9.90 Å². The monoisotopic (exact) mass is 501 g/mol. The van der Waals surface area contributed by atoms with Crippen LogP contribution in [0.5, 0.6) is 0 Å². The van der Waals surface area contributed by atoms with Crippen molar-refractivity contribution in [3.63, 3.8) is 0 Å². The number of nitrogens with one attached hydrogen (secondary N) is 1. The van der Waals surface area contributed by atoms with Crippen LogP contribution >= 0.6 is 11.6 Å². The van der Waals surface area contributed by atoms with Gasteiger partial charge < -0.3 is 0 Å². The summed E-state index contributed by atoms with van der Waals surface area (Å²) in [4.78, 5) is 11.0. The normalized spacial score (nSPS) is 12.2. The van der Waals surface area contributed by atoms with Crippen LogP contribution < -0.4 is 5.32 Å². The zero-order chi connectivity index (χ0) is 20.1. The molecule has 0 heterocycles. The van der Waals surface area contributed by atoms with Crippen LogP contribution in [0.15, 0.2) is 30.3 Å². The van der Waals surface area contributed by atoms with E-state index in [1.807, 2.05) is 12.1 Å². The van der Waals surface area contributed by atoms with Crippen LogP contribution in [0.4, 0.5) is 4.79 Å². The number of halogens is 1. The molecule has 5 heteroatoms. The predicted molar refractivity (Wildman–Crippen MR) is 120 cm³/mol. The SMILES string of the molecule is CCC[CH2][Sn]([CH2]CCC)([CH2]CCC)/[C](=C/CNC(=O)O)c1ccc(Cl)cc1. The second-order valence-electron chi connectivity index (χ2n) is 7.40. The summed E-state index contributed by atoms with van der Waals surface area (Å²) in [5, 5.41) is 12.3. The Morgan fingerprint density at radius 3 is 1.89 bits per heavy atom. The molecule has 1 rings (SSSR count). The number of amides is 1. The van der Waals surface area contributed by atoms with Crippen LogP contribution in [-0.2, 0) is 0 Å². The molecule has 0 fully saturated rings. The van der Waals surface area contributed by atoms with Crippen molar-refractivity contribution in [3.8, 4) is 0 Å². The van der Waals surface area contributed by atoms with E-state index in [4.69, 9.17) is 16.7 Å². The number of carbonyl (C=O) groups is 1. The summed E-state index contributed by atoms with van der Waals surface area (Å²) in [6, 6.07) is 8.19. The van der Waals surface area contributed by atoms with Gasteiger partial charge in [0.2, 0.25) is 0 Å². The molecule has 0 radical (unpaired) electrons.